The van der Waals surface area contributed by atoms with E-state index in [0.29, 0.717) is 18.8 Å². The van der Waals surface area contributed by atoms with Crippen LogP contribution in [0.15, 0.2) is 59.5 Å². The van der Waals surface area contributed by atoms with Gasteiger partial charge in [0, 0.05) is 26.2 Å². The van der Waals surface area contributed by atoms with Crippen LogP contribution in [-0.4, -0.2) is 63.4 Å². The number of anilines is 1. The molecule has 3 rings (SSSR count). The second-order valence-electron chi connectivity index (χ2n) is 6.98. The maximum absolute atomic E-state index is 13.3. The van der Waals surface area contributed by atoms with Crippen LogP contribution in [0.1, 0.15) is 12.5 Å². The molecule has 0 atom stereocenters. The second kappa shape index (κ2) is 8.75. The van der Waals surface area contributed by atoms with Gasteiger partial charge in [0.2, 0.25) is 5.91 Å². The number of hydrogen-bond acceptors (Lipinski definition) is 4. The van der Waals surface area contributed by atoms with Crippen molar-refractivity contribution in [1.82, 2.24) is 9.80 Å². The molecule has 1 heterocycles. The highest BCUT2D eigenvalue weighted by Crippen LogP contribution is 2.24. The Kier molecular flexibility index (Phi) is 6.36. The molecule has 2 aromatic rings. The first-order valence-electron chi connectivity index (χ1n) is 9.56. The zero-order chi connectivity index (χ0) is 20.1. The first-order chi connectivity index (χ1) is 13.4. The fourth-order valence-electron chi connectivity index (χ4n) is 3.35. The maximum atomic E-state index is 13.3. The molecule has 0 unspecified atom stereocenters. The minimum atomic E-state index is -3.84. The van der Waals surface area contributed by atoms with E-state index in [2.05, 4.69) is 11.8 Å². The van der Waals surface area contributed by atoms with Crippen molar-refractivity contribution in [2.75, 3.05) is 43.6 Å². The molecule has 7 heteroatoms. The first-order valence-corrected chi connectivity index (χ1v) is 11.0. The van der Waals surface area contributed by atoms with Crippen LogP contribution < -0.4 is 4.31 Å². The lowest BCUT2D eigenvalue weighted by Gasteiger charge is -2.35. The summed E-state index contributed by atoms with van der Waals surface area (Å²) < 4.78 is 27.8. The van der Waals surface area contributed by atoms with E-state index in [9.17, 15) is 13.2 Å². The number of amides is 1. The van der Waals surface area contributed by atoms with E-state index in [-0.39, 0.29) is 17.3 Å². The van der Waals surface area contributed by atoms with Crippen LogP contribution in [0.5, 0.6) is 0 Å². The molecule has 2 aromatic carbocycles. The molecule has 1 saturated heterocycles. The van der Waals surface area contributed by atoms with Crippen LogP contribution >= 0.6 is 0 Å². The number of likely N-dealkylation sites (N-methyl/N-ethyl adjacent to an activating group) is 1. The fourth-order valence-corrected chi connectivity index (χ4v) is 4.78. The molecule has 6 nitrogen and oxygen atoms in total. The number of benzene rings is 2. The summed E-state index contributed by atoms with van der Waals surface area (Å²) in [6.45, 7) is 7.65. The Morgan fingerprint density at radius 3 is 2.29 bits per heavy atom. The summed E-state index contributed by atoms with van der Waals surface area (Å²) in [7, 11) is -3.84. The highest BCUT2D eigenvalue weighted by atomic mass is 32.2. The quantitative estimate of drug-likeness (QED) is 0.746. The number of hydrogen-bond donors (Lipinski definition) is 0. The van der Waals surface area contributed by atoms with Gasteiger partial charge in [0.25, 0.3) is 10.0 Å². The van der Waals surface area contributed by atoms with Gasteiger partial charge in [-0.25, -0.2) is 8.42 Å². The van der Waals surface area contributed by atoms with Crippen LogP contribution in [0.3, 0.4) is 0 Å². The molecular weight excluding hydrogens is 374 g/mol. The molecule has 0 radical (unpaired) electrons. The van der Waals surface area contributed by atoms with Crippen LogP contribution in [-0.2, 0) is 14.8 Å². The molecular formula is C21H27N3O3S. The van der Waals surface area contributed by atoms with Gasteiger partial charge < -0.3 is 9.80 Å². The number of nitrogens with zero attached hydrogens (tertiary/aromatic N) is 3. The largest absolute Gasteiger partial charge is 0.339 e. The van der Waals surface area contributed by atoms with Gasteiger partial charge in [0.05, 0.1) is 10.6 Å². The molecule has 0 aliphatic carbocycles. The Labute approximate surface area is 167 Å². The van der Waals surface area contributed by atoms with Crippen molar-refractivity contribution in [2.24, 2.45) is 0 Å². The third-order valence-corrected chi connectivity index (χ3v) is 6.86. The zero-order valence-electron chi connectivity index (χ0n) is 16.4. The molecule has 1 aliphatic heterocycles. The third-order valence-electron chi connectivity index (χ3n) is 5.07. The van der Waals surface area contributed by atoms with Gasteiger partial charge in [-0.2, -0.15) is 0 Å². The summed E-state index contributed by atoms with van der Waals surface area (Å²) in [5.41, 5.74) is 1.44. The van der Waals surface area contributed by atoms with Crippen molar-refractivity contribution in [3.05, 3.63) is 60.2 Å². The van der Waals surface area contributed by atoms with Crippen molar-refractivity contribution in [3.8, 4) is 0 Å². The van der Waals surface area contributed by atoms with E-state index in [1.54, 1.807) is 47.4 Å². The van der Waals surface area contributed by atoms with Crippen molar-refractivity contribution < 1.29 is 13.2 Å². The molecule has 28 heavy (non-hydrogen) atoms. The van der Waals surface area contributed by atoms with Gasteiger partial charge in [0.1, 0.15) is 6.54 Å². The summed E-state index contributed by atoms with van der Waals surface area (Å²) >= 11 is 0. The average molecular weight is 402 g/mol. The number of piperazine rings is 1. The summed E-state index contributed by atoms with van der Waals surface area (Å²) in [6, 6.07) is 15.5. The minimum Gasteiger partial charge on any atom is -0.339 e. The normalized spacial score (nSPS) is 15.4. The Hall–Kier alpha value is -2.38. The van der Waals surface area contributed by atoms with Crippen molar-refractivity contribution in [3.63, 3.8) is 0 Å². The maximum Gasteiger partial charge on any atom is 0.264 e. The van der Waals surface area contributed by atoms with Gasteiger partial charge in [-0.3, -0.25) is 9.10 Å². The SMILES string of the molecule is CCN1CCN(C(=O)CN(c2cccc(C)c2)S(=O)(=O)c2ccccc2)CC1. The lowest BCUT2D eigenvalue weighted by molar-refractivity contribution is -0.131. The van der Waals surface area contributed by atoms with Crippen LogP contribution in [0.2, 0.25) is 0 Å². The number of carbonyl (C=O) groups excluding carboxylic acids is 1. The van der Waals surface area contributed by atoms with E-state index in [1.807, 2.05) is 19.1 Å². The lowest BCUT2D eigenvalue weighted by atomic mass is 10.2. The Bertz CT molecular complexity index is 908. The summed E-state index contributed by atoms with van der Waals surface area (Å²) in [5, 5.41) is 0. The predicted octanol–water partition coefficient (Wildman–Crippen LogP) is 2.35. The van der Waals surface area contributed by atoms with E-state index >= 15 is 0 Å². The summed E-state index contributed by atoms with van der Waals surface area (Å²) in [6.07, 6.45) is 0. The predicted molar refractivity (Wildman–Crippen MR) is 111 cm³/mol. The third kappa shape index (κ3) is 4.54. The molecule has 1 fully saturated rings. The zero-order valence-corrected chi connectivity index (χ0v) is 17.2. The van der Waals surface area contributed by atoms with Crippen LogP contribution in [0.4, 0.5) is 5.69 Å². The van der Waals surface area contributed by atoms with Crippen molar-refractivity contribution in [1.29, 1.82) is 0 Å². The van der Waals surface area contributed by atoms with Crippen LogP contribution in [0, 0.1) is 6.92 Å². The van der Waals surface area contributed by atoms with Gasteiger partial charge in [-0.15, -0.1) is 0 Å². The van der Waals surface area contributed by atoms with E-state index in [1.165, 1.54) is 4.31 Å². The molecule has 1 aliphatic rings. The smallest absolute Gasteiger partial charge is 0.264 e. The average Bonchev–Trinajstić information content (AvgIpc) is 2.72. The number of aryl methyl sites for hydroxylation is 1. The van der Waals surface area contributed by atoms with Gasteiger partial charge in [-0.1, -0.05) is 37.3 Å². The van der Waals surface area contributed by atoms with E-state index in [4.69, 9.17) is 0 Å². The Morgan fingerprint density at radius 1 is 1.00 bits per heavy atom. The molecule has 0 aromatic heterocycles. The monoisotopic (exact) mass is 401 g/mol. The van der Waals surface area contributed by atoms with Crippen molar-refractivity contribution in [2.45, 2.75) is 18.7 Å². The highest BCUT2D eigenvalue weighted by molar-refractivity contribution is 7.92. The molecule has 0 saturated carbocycles. The topological polar surface area (TPSA) is 60.9 Å². The standard InChI is InChI=1S/C21H27N3O3S/c1-3-22-12-14-23(15-13-22)21(25)17-24(19-9-7-8-18(2)16-19)28(26,27)20-10-5-4-6-11-20/h4-11,16H,3,12-15,17H2,1-2H3. The lowest BCUT2D eigenvalue weighted by Crippen LogP contribution is -2.51. The second-order valence-corrected chi connectivity index (χ2v) is 8.84. The minimum absolute atomic E-state index is 0.170. The molecule has 150 valence electrons. The Morgan fingerprint density at radius 2 is 1.68 bits per heavy atom. The summed E-state index contributed by atoms with van der Waals surface area (Å²) in [5.74, 6) is -0.170. The van der Waals surface area contributed by atoms with Gasteiger partial charge in [0.15, 0.2) is 0 Å². The van der Waals surface area contributed by atoms with Crippen LogP contribution in [0.25, 0.3) is 0 Å². The number of rotatable bonds is 6. The summed E-state index contributed by atoms with van der Waals surface area (Å²) in [4.78, 5) is 17.2. The molecule has 0 spiro atoms. The first kappa shape index (κ1) is 20.4. The van der Waals surface area contributed by atoms with Gasteiger partial charge >= 0.3 is 0 Å². The molecule has 0 N–H and O–H groups in total. The molecule has 1 amide bonds. The van der Waals surface area contributed by atoms with E-state index < -0.39 is 10.0 Å². The number of sulfonamides is 1. The van der Waals surface area contributed by atoms with Gasteiger partial charge in [-0.05, 0) is 43.3 Å². The highest BCUT2D eigenvalue weighted by Gasteiger charge is 2.30. The van der Waals surface area contributed by atoms with Crippen molar-refractivity contribution >= 4 is 21.6 Å². The van der Waals surface area contributed by atoms with E-state index in [0.717, 1.165) is 25.2 Å². The number of carbonyl (C=O) groups is 1. The Balaban J connectivity index is 1.88. The molecule has 0 bridgehead atoms. The fraction of sp³-hybridized carbons (Fsp3) is 0.381.